The molecular formula is C31H29N5O2. The van der Waals surface area contributed by atoms with Gasteiger partial charge in [0.15, 0.2) is 5.69 Å². The number of methoxy groups -OCH3 is 1. The number of nitrogens with zero attached hydrogens (tertiary/aromatic N) is 5. The number of carbonyl (C=O) groups is 1. The quantitative estimate of drug-likeness (QED) is 0.307. The van der Waals surface area contributed by atoms with Crippen LogP contribution in [0.15, 0.2) is 67.0 Å². The zero-order valence-corrected chi connectivity index (χ0v) is 21.6. The molecule has 2 saturated heterocycles. The highest BCUT2D eigenvalue weighted by molar-refractivity contribution is 6.00. The van der Waals surface area contributed by atoms with Crippen molar-refractivity contribution in [2.75, 3.05) is 25.1 Å². The first-order chi connectivity index (χ1) is 18.6. The van der Waals surface area contributed by atoms with Crippen LogP contribution in [0, 0.1) is 6.57 Å². The number of amides is 1. The minimum absolute atomic E-state index is 0.264. The van der Waals surface area contributed by atoms with Crippen LogP contribution in [-0.2, 0) is 4.79 Å². The van der Waals surface area contributed by atoms with Crippen LogP contribution < -0.4 is 9.64 Å². The smallest absolute Gasteiger partial charge is 0.222 e. The Morgan fingerprint density at radius 3 is 2.34 bits per heavy atom. The number of hydrogen-bond donors (Lipinski definition) is 0. The Balaban J connectivity index is 1.30. The van der Waals surface area contributed by atoms with E-state index in [9.17, 15) is 4.79 Å². The largest absolute Gasteiger partial charge is 0.495 e. The zero-order valence-electron chi connectivity index (χ0n) is 21.6. The van der Waals surface area contributed by atoms with Crippen molar-refractivity contribution in [2.45, 2.75) is 38.3 Å². The van der Waals surface area contributed by atoms with Crippen molar-refractivity contribution in [2.24, 2.45) is 0 Å². The van der Waals surface area contributed by atoms with E-state index in [-0.39, 0.29) is 18.0 Å². The molecule has 190 valence electrons. The number of aromatic nitrogens is 2. The summed E-state index contributed by atoms with van der Waals surface area (Å²) in [5.74, 6) is 1.96. The molecule has 0 N–H and O–H groups in total. The number of anilines is 1. The molecule has 0 unspecified atom stereocenters. The Labute approximate surface area is 222 Å². The number of piperazine rings is 1. The molecule has 38 heavy (non-hydrogen) atoms. The van der Waals surface area contributed by atoms with Crippen LogP contribution in [0.2, 0.25) is 0 Å². The Morgan fingerprint density at radius 2 is 1.71 bits per heavy atom. The van der Waals surface area contributed by atoms with Crippen molar-refractivity contribution in [3.05, 3.63) is 78.4 Å². The summed E-state index contributed by atoms with van der Waals surface area (Å²) in [5, 5.41) is 0.925. The summed E-state index contributed by atoms with van der Waals surface area (Å²) in [7, 11) is 1.68. The number of fused-ring (bicyclic) bond motifs is 3. The monoisotopic (exact) mass is 503 g/mol. The second-order valence-electron chi connectivity index (χ2n) is 9.92. The summed E-state index contributed by atoms with van der Waals surface area (Å²) < 4.78 is 5.91. The van der Waals surface area contributed by atoms with Crippen LogP contribution in [0.4, 0.5) is 11.5 Å². The zero-order chi connectivity index (χ0) is 26.2. The Hall–Kier alpha value is -4.44. The predicted molar refractivity (Wildman–Crippen MR) is 149 cm³/mol. The average molecular weight is 504 g/mol. The van der Waals surface area contributed by atoms with Gasteiger partial charge in [0.1, 0.15) is 11.6 Å². The highest BCUT2D eigenvalue weighted by atomic mass is 16.5. The Kier molecular flexibility index (Phi) is 6.16. The molecule has 0 aliphatic carbocycles. The molecule has 0 saturated carbocycles. The first-order valence-electron chi connectivity index (χ1n) is 13.1. The van der Waals surface area contributed by atoms with E-state index in [1.165, 1.54) is 0 Å². The fraction of sp³-hybridized carbons (Fsp3) is 0.290. The highest BCUT2D eigenvalue weighted by Crippen LogP contribution is 2.39. The number of benzene rings is 2. The van der Waals surface area contributed by atoms with Gasteiger partial charge in [0.25, 0.3) is 0 Å². The summed E-state index contributed by atoms with van der Waals surface area (Å²) in [5.41, 5.74) is 5.29. The number of ether oxygens (including phenoxy) is 1. The summed E-state index contributed by atoms with van der Waals surface area (Å²) in [6.45, 7) is 10.8. The lowest BCUT2D eigenvalue weighted by Crippen LogP contribution is -2.56. The third-order valence-corrected chi connectivity index (χ3v) is 7.82. The van der Waals surface area contributed by atoms with Gasteiger partial charge in [-0.2, -0.15) is 0 Å². The number of pyridine rings is 2. The first-order valence-corrected chi connectivity index (χ1v) is 13.1. The van der Waals surface area contributed by atoms with Crippen molar-refractivity contribution in [3.8, 4) is 28.0 Å². The van der Waals surface area contributed by atoms with Gasteiger partial charge >= 0.3 is 0 Å². The normalized spacial score (nSPS) is 18.4. The number of rotatable bonds is 5. The van der Waals surface area contributed by atoms with Crippen LogP contribution in [0.1, 0.15) is 26.2 Å². The number of hydrogen-bond acceptors (Lipinski definition) is 5. The molecular weight excluding hydrogens is 474 g/mol. The third-order valence-electron chi connectivity index (χ3n) is 7.82. The van der Waals surface area contributed by atoms with E-state index in [1.807, 2.05) is 61.8 Å². The van der Waals surface area contributed by atoms with Gasteiger partial charge < -0.3 is 14.5 Å². The lowest BCUT2D eigenvalue weighted by Gasteiger charge is -2.41. The van der Waals surface area contributed by atoms with E-state index in [0.29, 0.717) is 12.1 Å². The van der Waals surface area contributed by atoms with Gasteiger partial charge in [-0.05, 0) is 36.6 Å². The molecule has 2 aromatic carbocycles. The fourth-order valence-corrected chi connectivity index (χ4v) is 5.98. The van der Waals surface area contributed by atoms with Crippen LogP contribution in [0.3, 0.4) is 0 Å². The summed E-state index contributed by atoms with van der Waals surface area (Å²) in [4.78, 5) is 30.0. The molecule has 2 aliphatic heterocycles. The van der Waals surface area contributed by atoms with Gasteiger partial charge in [0.2, 0.25) is 5.91 Å². The van der Waals surface area contributed by atoms with Gasteiger partial charge in [0, 0.05) is 66.1 Å². The van der Waals surface area contributed by atoms with Crippen molar-refractivity contribution >= 4 is 28.3 Å². The lowest BCUT2D eigenvalue weighted by molar-refractivity contribution is -0.134. The number of para-hydroxylation sites is 1. The SMILES string of the molecule is [C-]#[N+]c1ccc(-c2cccc3c(OC)c(-c4ccc(N5C[C@H]6CC[C@@H](C5)N6C(=O)CC)nc4)cnc23)cc1. The summed E-state index contributed by atoms with van der Waals surface area (Å²) in [6.07, 6.45) is 6.44. The molecule has 2 atom stereocenters. The molecule has 2 aliphatic rings. The molecule has 2 fully saturated rings. The van der Waals surface area contributed by atoms with E-state index in [4.69, 9.17) is 21.3 Å². The molecule has 7 heteroatoms. The van der Waals surface area contributed by atoms with Gasteiger partial charge in [0.05, 0.1) is 19.2 Å². The molecule has 0 radical (unpaired) electrons. The maximum absolute atomic E-state index is 12.4. The minimum atomic E-state index is 0.264. The van der Waals surface area contributed by atoms with Gasteiger partial charge in [-0.1, -0.05) is 43.3 Å². The van der Waals surface area contributed by atoms with Crippen molar-refractivity contribution in [3.63, 3.8) is 0 Å². The predicted octanol–water partition coefficient (Wildman–Crippen LogP) is 6.11. The number of carbonyl (C=O) groups excluding carboxylic acids is 1. The van der Waals surface area contributed by atoms with E-state index < -0.39 is 0 Å². The van der Waals surface area contributed by atoms with Gasteiger partial charge in [-0.25, -0.2) is 9.83 Å². The van der Waals surface area contributed by atoms with Gasteiger partial charge in [-0.15, -0.1) is 0 Å². The van der Waals surface area contributed by atoms with Crippen LogP contribution in [-0.4, -0.2) is 53.1 Å². The highest BCUT2D eigenvalue weighted by Gasteiger charge is 2.42. The molecule has 7 nitrogen and oxygen atoms in total. The fourth-order valence-electron chi connectivity index (χ4n) is 5.98. The maximum Gasteiger partial charge on any atom is 0.222 e. The molecule has 4 heterocycles. The second-order valence-corrected chi connectivity index (χ2v) is 9.92. The van der Waals surface area contributed by atoms with E-state index >= 15 is 0 Å². The van der Waals surface area contributed by atoms with Crippen LogP contribution in [0.25, 0.3) is 38.0 Å². The van der Waals surface area contributed by atoms with Crippen molar-refractivity contribution in [1.82, 2.24) is 14.9 Å². The third kappa shape index (κ3) is 4.03. The molecule has 6 rings (SSSR count). The van der Waals surface area contributed by atoms with E-state index in [0.717, 1.165) is 70.7 Å². The molecule has 0 spiro atoms. The van der Waals surface area contributed by atoms with Crippen molar-refractivity contribution in [1.29, 1.82) is 0 Å². The van der Waals surface area contributed by atoms with E-state index in [2.05, 4.69) is 26.8 Å². The molecule has 1 amide bonds. The molecule has 4 aromatic rings. The Bertz CT molecular complexity index is 1530. The summed E-state index contributed by atoms with van der Waals surface area (Å²) >= 11 is 0. The van der Waals surface area contributed by atoms with Crippen molar-refractivity contribution < 1.29 is 9.53 Å². The van der Waals surface area contributed by atoms with Crippen LogP contribution in [0.5, 0.6) is 5.75 Å². The molecule has 2 bridgehead atoms. The standard InChI is InChI=1S/C31H29N5O2/c1-4-29(37)36-23-13-14-24(36)19-35(18-23)28-15-10-21(16-33-28)27-17-34-30-25(6-5-7-26(30)31(27)38-3)20-8-11-22(32-2)12-9-20/h5-12,15-17,23-24H,4,13-14,18-19H2,1,3H3/t23-,24+. The average Bonchev–Trinajstić information content (AvgIpc) is 3.24. The van der Waals surface area contributed by atoms with Gasteiger partial charge in [-0.3, -0.25) is 9.78 Å². The summed E-state index contributed by atoms with van der Waals surface area (Å²) in [6, 6.07) is 18.3. The molecule has 2 aromatic heterocycles. The van der Waals surface area contributed by atoms with Crippen LogP contribution >= 0.6 is 0 Å². The second kappa shape index (κ2) is 9.79. The topological polar surface area (TPSA) is 62.9 Å². The van der Waals surface area contributed by atoms with E-state index in [1.54, 1.807) is 7.11 Å². The minimum Gasteiger partial charge on any atom is -0.495 e. The lowest BCUT2D eigenvalue weighted by atomic mass is 9.99. The first kappa shape index (κ1) is 23.9. The maximum atomic E-state index is 12.4. The Morgan fingerprint density at radius 1 is 0.974 bits per heavy atom.